The lowest BCUT2D eigenvalue weighted by Crippen LogP contribution is -2.14. The maximum Gasteiger partial charge on any atom is 0.146 e. The molecule has 0 aliphatic heterocycles. The Morgan fingerprint density at radius 3 is 2.84 bits per heavy atom. The summed E-state index contributed by atoms with van der Waals surface area (Å²) in [6.07, 6.45) is 3.45. The summed E-state index contributed by atoms with van der Waals surface area (Å²) < 4.78 is 0.951. The van der Waals surface area contributed by atoms with Crippen molar-refractivity contribution in [3.8, 4) is 0 Å². The number of hydrogen-bond donors (Lipinski definition) is 0. The first kappa shape index (κ1) is 13.3. The minimum absolute atomic E-state index is 0.290. The summed E-state index contributed by atoms with van der Waals surface area (Å²) in [7, 11) is 0. The third-order valence-electron chi connectivity index (χ3n) is 3.67. The number of halogens is 2. The number of hydrogen-bond acceptors (Lipinski definition) is 2. The van der Waals surface area contributed by atoms with E-state index in [9.17, 15) is 0 Å². The molecule has 2 nitrogen and oxygen atoms in total. The number of aromatic nitrogens is 2. The molecule has 0 radical (unpaired) electrons. The van der Waals surface area contributed by atoms with Crippen LogP contribution in [0.15, 0.2) is 24.3 Å². The van der Waals surface area contributed by atoms with Crippen LogP contribution in [0.1, 0.15) is 41.4 Å². The molecule has 19 heavy (non-hydrogen) atoms. The molecule has 1 aromatic carbocycles. The van der Waals surface area contributed by atoms with E-state index in [4.69, 9.17) is 11.6 Å². The highest BCUT2D eigenvalue weighted by molar-refractivity contribution is 14.1. The molecule has 0 spiro atoms. The van der Waals surface area contributed by atoms with E-state index in [2.05, 4.69) is 56.8 Å². The lowest BCUT2D eigenvalue weighted by molar-refractivity contribution is 0.588. The van der Waals surface area contributed by atoms with Crippen LogP contribution in [0.5, 0.6) is 0 Å². The highest BCUT2D eigenvalue weighted by Crippen LogP contribution is 2.35. The highest BCUT2D eigenvalue weighted by Gasteiger charge is 2.24. The van der Waals surface area contributed by atoms with Gasteiger partial charge in [-0.05, 0) is 59.9 Å². The molecule has 1 aliphatic rings. The second kappa shape index (κ2) is 5.37. The third-order valence-corrected chi connectivity index (χ3v) is 5.56. The minimum atomic E-state index is 0.290. The first-order valence-electron chi connectivity index (χ1n) is 6.44. The van der Waals surface area contributed by atoms with Crippen molar-refractivity contribution in [2.45, 2.75) is 32.1 Å². The van der Waals surface area contributed by atoms with E-state index in [1.54, 1.807) is 0 Å². The zero-order valence-corrected chi connectivity index (χ0v) is 13.6. The van der Waals surface area contributed by atoms with Crippen molar-refractivity contribution >= 4 is 34.2 Å². The van der Waals surface area contributed by atoms with Crippen LogP contribution in [0.3, 0.4) is 0 Å². The van der Waals surface area contributed by atoms with Gasteiger partial charge in [0.15, 0.2) is 0 Å². The van der Waals surface area contributed by atoms with Gasteiger partial charge in [-0.25, -0.2) is 9.97 Å². The first-order chi connectivity index (χ1) is 9.16. The normalized spacial score (nSPS) is 18.2. The Bertz CT molecular complexity index is 604. The van der Waals surface area contributed by atoms with Crippen molar-refractivity contribution < 1.29 is 0 Å². The van der Waals surface area contributed by atoms with Gasteiger partial charge in [0, 0.05) is 5.92 Å². The Balaban J connectivity index is 2.09. The van der Waals surface area contributed by atoms with Gasteiger partial charge in [-0.2, -0.15) is 0 Å². The van der Waals surface area contributed by atoms with E-state index in [0.717, 1.165) is 27.9 Å². The van der Waals surface area contributed by atoms with Gasteiger partial charge in [0.2, 0.25) is 0 Å². The van der Waals surface area contributed by atoms with Gasteiger partial charge in [0.1, 0.15) is 11.0 Å². The molecule has 0 amide bonds. The predicted molar refractivity (Wildman–Crippen MR) is 85.7 cm³/mol. The van der Waals surface area contributed by atoms with Crippen molar-refractivity contribution in [3.05, 3.63) is 55.6 Å². The summed E-state index contributed by atoms with van der Waals surface area (Å²) in [6.45, 7) is 1.99. The van der Waals surface area contributed by atoms with Crippen LogP contribution >= 0.6 is 34.2 Å². The van der Waals surface area contributed by atoms with Crippen molar-refractivity contribution in [1.29, 1.82) is 0 Å². The molecule has 98 valence electrons. The van der Waals surface area contributed by atoms with E-state index < -0.39 is 0 Å². The Morgan fingerprint density at radius 1 is 1.26 bits per heavy atom. The SMILES string of the molecule is Cc1nc(C2CCCc3ccccc32)nc(Cl)c1I. The van der Waals surface area contributed by atoms with Crippen LogP contribution in [0.25, 0.3) is 0 Å². The second-order valence-electron chi connectivity index (χ2n) is 4.92. The number of benzene rings is 1. The zero-order valence-electron chi connectivity index (χ0n) is 10.7. The fourth-order valence-electron chi connectivity index (χ4n) is 2.72. The quantitative estimate of drug-likeness (QED) is 0.534. The summed E-state index contributed by atoms with van der Waals surface area (Å²) in [5.74, 6) is 1.16. The van der Waals surface area contributed by atoms with Crippen molar-refractivity contribution in [2.75, 3.05) is 0 Å². The fourth-order valence-corrected chi connectivity index (χ4v) is 3.19. The van der Waals surface area contributed by atoms with Crippen LogP contribution in [0.2, 0.25) is 5.15 Å². The molecule has 0 bridgehead atoms. The Morgan fingerprint density at radius 2 is 2.05 bits per heavy atom. The van der Waals surface area contributed by atoms with Crippen molar-refractivity contribution in [2.24, 2.45) is 0 Å². The lowest BCUT2D eigenvalue weighted by Gasteiger charge is -2.24. The minimum Gasteiger partial charge on any atom is -0.236 e. The zero-order chi connectivity index (χ0) is 13.4. The predicted octanol–water partition coefficient (Wildman–Crippen LogP) is 4.51. The van der Waals surface area contributed by atoms with Crippen molar-refractivity contribution in [1.82, 2.24) is 9.97 Å². The van der Waals surface area contributed by atoms with Crippen LogP contribution in [0.4, 0.5) is 0 Å². The van der Waals surface area contributed by atoms with Gasteiger partial charge in [-0.3, -0.25) is 0 Å². The maximum atomic E-state index is 6.21. The topological polar surface area (TPSA) is 25.8 Å². The Hall–Kier alpha value is -0.680. The average molecular weight is 385 g/mol. The molecule has 0 N–H and O–H groups in total. The van der Waals surface area contributed by atoms with Crippen LogP contribution in [0, 0.1) is 10.5 Å². The molecule has 0 saturated carbocycles. The fraction of sp³-hybridized carbons (Fsp3) is 0.333. The molecular formula is C15H14ClIN2. The second-order valence-corrected chi connectivity index (χ2v) is 6.35. The smallest absolute Gasteiger partial charge is 0.146 e. The van der Waals surface area contributed by atoms with E-state index in [1.807, 2.05) is 6.92 Å². The van der Waals surface area contributed by atoms with Gasteiger partial charge in [-0.15, -0.1) is 0 Å². The standard InChI is InChI=1S/C15H14ClIN2/c1-9-13(17)14(16)19-15(18-9)12-8-4-6-10-5-2-3-7-11(10)12/h2-3,5,7,12H,4,6,8H2,1H3. The van der Waals surface area contributed by atoms with E-state index >= 15 is 0 Å². The largest absolute Gasteiger partial charge is 0.236 e. The average Bonchev–Trinajstić information content (AvgIpc) is 2.43. The van der Waals surface area contributed by atoms with Gasteiger partial charge in [0.25, 0.3) is 0 Å². The molecule has 4 heteroatoms. The molecule has 1 aliphatic carbocycles. The van der Waals surface area contributed by atoms with E-state index in [-0.39, 0.29) is 5.92 Å². The summed E-state index contributed by atoms with van der Waals surface area (Å²) in [4.78, 5) is 9.16. The first-order valence-corrected chi connectivity index (χ1v) is 7.90. The summed E-state index contributed by atoms with van der Waals surface area (Å²) >= 11 is 8.41. The molecule has 2 aromatic rings. The molecule has 0 fully saturated rings. The molecule has 0 saturated heterocycles. The molecule has 1 atom stereocenters. The van der Waals surface area contributed by atoms with E-state index in [1.165, 1.54) is 17.5 Å². The summed E-state index contributed by atoms with van der Waals surface area (Å²) in [5, 5.41) is 0.575. The number of nitrogens with zero attached hydrogens (tertiary/aromatic N) is 2. The number of aryl methyl sites for hydroxylation is 2. The molecule has 3 rings (SSSR count). The highest BCUT2D eigenvalue weighted by atomic mass is 127. The summed E-state index contributed by atoms with van der Waals surface area (Å²) in [6, 6.07) is 8.61. The van der Waals surface area contributed by atoms with E-state index in [0.29, 0.717) is 5.15 Å². The van der Waals surface area contributed by atoms with Gasteiger partial charge >= 0.3 is 0 Å². The molecule has 1 unspecified atom stereocenters. The summed E-state index contributed by atoms with van der Waals surface area (Å²) in [5.41, 5.74) is 3.76. The Kier molecular flexibility index (Phi) is 3.76. The van der Waals surface area contributed by atoms with Crippen LogP contribution < -0.4 is 0 Å². The molecule has 1 aromatic heterocycles. The number of fused-ring (bicyclic) bond motifs is 1. The molecular weight excluding hydrogens is 371 g/mol. The Labute approximate surface area is 131 Å². The maximum absolute atomic E-state index is 6.21. The van der Waals surface area contributed by atoms with Crippen LogP contribution in [-0.2, 0) is 6.42 Å². The monoisotopic (exact) mass is 384 g/mol. The molecule has 1 heterocycles. The van der Waals surface area contributed by atoms with Gasteiger partial charge in [0.05, 0.1) is 9.26 Å². The van der Waals surface area contributed by atoms with Crippen LogP contribution in [-0.4, -0.2) is 9.97 Å². The number of rotatable bonds is 1. The lowest BCUT2D eigenvalue weighted by atomic mass is 9.82. The van der Waals surface area contributed by atoms with Gasteiger partial charge in [-0.1, -0.05) is 35.9 Å². The third kappa shape index (κ3) is 2.50. The van der Waals surface area contributed by atoms with Gasteiger partial charge < -0.3 is 0 Å². The van der Waals surface area contributed by atoms with Crippen molar-refractivity contribution in [3.63, 3.8) is 0 Å².